The summed E-state index contributed by atoms with van der Waals surface area (Å²) >= 11 is 0. The van der Waals surface area contributed by atoms with Gasteiger partial charge in [0.15, 0.2) is 0 Å². The zero-order valence-electron chi connectivity index (χ0n) is 11.2. The first-order valence-electron chi connectivity index (χ1n) is 7.12. The molecule has 2 fully saturated rings. The summed E-state index contributed by atoms with van der Waals surface area (Å²) < 4.78 is 0. The number of rotatable bonds is 4. The van der Waals surface area contributed by atoms with Crippen molar-refractivity contribution in [2.24, 2.45) is 0 Å². The van der Waals surface area contributed by atoms with Crippen LogP contribution in [0.2, 0.25) is 0 Å². The van der Waals surface area contributed by atoms with E-state index in [0.29, 0.717) is 13.0 Å². The second kappa shape index (κ2) is 6.86. The minimum atomic E-state index is -0.398. The summed E-state index contributed by atoms with van der Waals surface area (Å²) in [5, 5.41) is 14.8. The predicted molar refractivity (Wildman–Crippen MR) is 70.5 cm³/mol. The van der Waals surface area contributed by atoms with Gasteiger partial charge in [-0.1, -0.05) is 0 Å². The maximum absolute atomic E-state index is 12.0. The first-order valence-corrected chi connectivity index (χ1v) is 7.12. The van der Waals surface area contributed by atoms with Crippen LogP contribution in [-0.2, 0) is 9.59 Å². The molecule has 19 heavy (non-hydrogen) atoms. The van der Waals surface area contributed by atoms with Crippen LogP contribution in [-0.4, -0.2) is 60.1 Å². The topological polar surface area (TPSA) is 81.7 Å². The van der Waals surface area contributed by atoms with Crippen molar-refractivity contribution in [2.45, 2.75) is 44.2 Å². The van der Waals surface area contributed by atoms with Crippen molar-refractivity contribution in [2.75, 3.05) is 26.2 Å². The van der Waals surface area contributed by atoms with E-state index in [1.807, 2.05) is 4.90 Å². The highest BCUT2D eigenvalue weighted by atomic mass is 16.3. The van der Waals surface area contributed by atoms with Gasteiger partial charge < -0.3 is 15.7 Å². The Morgan fingerprint density at radius 2 is 2.21 bits per heavy atom. The van der Waals surface area contributed by atoms with Crippen LogP contribution in [0.3, 0.4) is 0 Å². The van der Waals surface area contributed by atoms with Crippen molar-refractivity contribution in [3.63, 3.8) is 0 Å². The Hall–Kier alpha value is -1.14. The van der Waals surface area contributed by atoms with Gasteiger partial charge in [-0.15, -0.1) is 0 Å². The molecule has 0 spiro atoms. The number of carbonyl (C=O) groups excluding carboxylic acids is 2. The molecule has 2 aliphatic rings. The fourth-order valence-corrected chi connectivity index (χ4v) is 2.81. The van der Waals surface area contributed by atoms with Crippen LogP contribution in [0.15, 0.2) is 0 Å². The van der Waals surface area contributed by atoms with Gasteiger partial charge in [0.05, 0.1) is 13.2 Å². The average Bonchev–Trinajstić information content (AvgIpc) is 2.74. The van der Waals surface area contributed by atoms with Gasteiger partial charge in [-0.25, -0.2) is 0 Å². The molecule has 108 valence electrons. The van der Waals surface area contributed by atoms with Crippen LogP contribution in [0, 0.1) is 0 Å². The number of aliphatic hydroxyl groups excluding tert-OH is 1. The van der Waals surface area contributed by atoms with E-state index in [-0.39, 0.29) is 31.0 Å². The lowest BCUT2D eigenvalue weighted by molar-refractivity contribution is -0.129. The van der Waals surface area contributed by atoms with E-state index < -0.39 is 6.04 Å². The SMILES string of the molecule is O=C(CN1CCC[C@H]1CO)NC1CCCCNC1=O. The number of likely N-dealkylation sites (tertiary alicyclic amines) is 1. The number of carbonyl (C=O) groups is 2. The molecule has 2 aliphatic heterocycles. The number of aliphatic hydroxyl groups is 1. The molecule has 0 bridgehead atoms. The Morgan fingerprint density at radius 3 is 3.00 bits per heavy atom. The standard InChI is InChI=1S/C13H23N3O3/c17-9-10-4-3-7-16(10)8-12(18)15-11-5-1-2-6-14-13(11)19/h10-11,17H,1-9H2,(H,14,19)(H,15,18)/t10-,11?/m0/s1. The number of nitrogens with one attached hydrogen (secondary N) is 2. The molecule has 2 atom stereocenters. The molecule has 3 N–H and O–H groups in total. The quantitative estimate of drug-likeness (QED) is 0.626. The molecule has 0 aromatic heterocycles. The second-order valence-corrected chi connectivity index (χ2v) is 5.36. The molecule has 2 heterocycles. The van der Waals surface area contributed by atoms with Crippen molar-refractivity contribution in [1.29, 1.82) is 0 Å². The lowest BCUT2D eigenvalue weighted by atomic mass is 10.1. The number of hydrogen-bond acceptors (Lipinski definition) is 4. The number of amides is 2. The monoisotopic (exact) mass is 269 g/mol. The highest BCUT2D eigenvalue weighted by Crippen LogP contribution is 2.15. The Labute approximate surface area is 113 Å². The van der Waals surface area contributed by atoms with E-state index in [9.17, 15) is 14.7 Å². The lowest BCUT2D eigenvalue weighted by Gasteiger charge is -2.23. The van der Waals surface area contributed by atoms with Crippen molar-refractivity contribution < 1.29 is 14.7 Å². The Morgan fingerprint density at radius 1 is 1.37 bits per heavy atom. The Balaban J connectivity index is 1.81. The van der Waals surface area contributed by atoms with E-state index in [1.165, 1.54) is 0 Å². The van der Waals surface area contributed by atoms with E-state index in [4.69, 9.17) is 0 Å². The van der Waals surface area contributed by atoms with Gasteiger partial charge in [-0.2, -0.15) is 0 Å². The summed E-state index contributed by atoms with van der Waals surface area (Å²) in [6, 6.07) is -0.307. The van der Waals surface area contributed by atoms with Gasteiger partial charge in [-0.05, 0) is 38.6 Å². The molecule has 2 amide bonds. The minimum Gasteiger partial charge on any atom is -0.395 e. The summed E-state index contributed by atoms with van der Waals surface area (Å²) in [6.07, 6.45) is 4.58. The largest absolute Gasteiger partial charge is 0.395 e. The Bertz CT molecular complexity index is 335. The second-order valence-electron chi connectivity index (χ2n) is 5.36. The smallest absolute Gasteiger partial charge is 0.242 e. The number of hydrogen-bond donors (Lipinski definition) is 3. The van der Waals surface area contributed by atoms with Gasteiger partial charge in [-0.3, -0.25) is 14.5 Å². The fourth-order valence-electron chi connectivity index (χ4n) is 2.81. The molecule has 2 saturated heterocycles. The highest BCUT2D eigenvalue weighted by molar-refractivity contribution is 5.88. The zero-order chi connectivity index (χ0) is 13.7. The summed E-state index contributed by atoms with van der Waals surface area (Å²) in [4.78, 5) is 25.7. The minimum absolute atomic E-state index is 0.0778. The van der Waals surface area contributed by atoms with Crippen LogP contribution in [0.25, 0.3) is 0 Å². The summed E-state index contributed by atoms with van der Waals surface area (Å²) in [6.45, 7) is 1.91. The molecule has 0 aromatic carbocycles. The van der Waals surface area contributed by atoms with Gasteiger partial charge in [0.1, 0.15) is 6.04 Å². The van der Waals surface area contributed by atoms with Gasteiger partial charge >= 0.3 is 0 Å². The third-order valence-corrected chi connectivity index (χ3v) is 3.93. The molecular formula is C13H23N3O3. The molecule has 0 radical (unpaired) electrons. The molecule has 6 nitrogen and oxygen atoms in total. The average molecular weight is 269 g/mol. The van der Waals surface area contributed by atoms with Gasteiger partial charge in [0.25, 0.3) is 0 Å². The molecule has 0 aromatic rings. The summed E-state index contributed by atoms with van der Waals surface area (Å²) in [5.41, 5.74) is 0. The van der Waals surface area contributed by atoms with Crippen LogP contribution >= 0.6 is 0 Å². The first-order chi connectivity index (χ1) is 9.20. The van der Waals surface area contributed by atoms with Crippen LogP contribution in [0.5, 0.6) is 0 Å². The van der Waals surface area contributed by atoms with Crippen molar-refractivity contribution >= 4 is 11.8 Å². The van der Waals surface area contributed by atoms with Crippen molar-refractivity contribution in [3.8, 4) is 0 Å². The summed E-state index contributed by atoms with van der Waals surface area (Å²) in [7, 11) is 0. The fraction of sp³-hybridized carbons (Fsp3) is 0.846. The lowest BCUT2D eigenvalue weighted by Crippen LogP contribution is -2.49. The third kappa shape index (κ3) is 3.91. The molecule has 2 rings (SSSR count). The predicted octanol–water partition coefficient (Wildman–Crippen LogP) is -0.772. The third-order valence-electron chi connectivity index (χ3n) is 3.93. The zero-order valence-corrected chi connectivity index (χ0v) is 11.2. The Kier molecular flexibility index (Phi) is 5.15. The number of nitrogens with zero attached hydrogens (tertiary/aromatic N) is 1. The van der Waals surface area contributed by atoms with Crippen molar-refractivity contribution in [3.05, 3.63) is 0 Å². The summed E-state index contributed by atoms with van der Waals surface area (Å²) in [5.74, 6) is -0.201. The normalized spacial score (nSPS) is 28.8. The molecular weight excluding hydrogens is 246 g/mol. The van der Waals surface area contributed by atoms with Gasteiger partial charge in [0.2, 0.25) is 11.8 Å². The van der Waals surface area contributed by atoms with Crippen LogP contribution in [0.1, 0.15) is 32.1 Å². The van der Waals surface area contributed by atoms with Crippen molar-refractivity contribution in [1.82, 2.24) is 15.5 Å². The molecule has 6 heteroatoms. The molecule has 1 unspecified atom stereocenters. The van der Waals surface area contributed by atoms with E-state index >= 15 is 0 Å². The molecule has 0 aliphatic carbocycles. The highest BCUT2D eigenvalue weighted by Gasteiger charge is 2.27. The van der Waals surface area contributed by atoms with E-state index in [0.717, 1.165) is 32.2 Å². The maximum Gasteiger partial charge on any atom is 0.242 e. The van der Waals surface area contributed by atoms with E-state index in [1.54, 1.807) is 0 Å². The van der Waals surface area contributed by atoms with Crippen LogP contribution in [0.4, 0.5) is 0 Å². The van der Waals surface area contributed by atoms with Crippen LogP contribution < -0.4 is 10.6 Å². The maximum atomic E-state index is 12.0. The van der Waals surface area contributed by atoms with Gasteiger partial charge in [0, 0.05) is 12.6 Å². The molecule has 0 saturated carbocycles. The van der Waals surface area contributed by atoms with E-state index in [2.05, 4.69) is 10.6 Å². The first kappa shape index (κ1) is 14.3.